The SMILES string of the molecule is CN[C@@H](C)C(=O)c1cccc(C)c1. The maximum Gasteiger partial charge on any atom is 0.179 e. The number of benzene rings is 1. The maximum atomic E-state index is 11.7. The Hall–Kier alpha value is -1.15. The average molecular weight is 177 g/mol. The highest BCUT2D eigenvalue weighted by Crippen LogP contribution is 2.06. The molecular formula is C11H15NO. The average Bonchev–Trinajstić information content (AvgIpc) is 2.15. The number of rotatable bonds is 3. The molecular weight excluding hydrogens is 162 g/mol. The van der Waals surface area contributed by atoms with Crippen LogP contribution < -0.4 is 5.32 Å². The van der Waals surface area contributed by atoms with E-state index in [1.165, 1.54) is 0 Å². The molecule has 0 saturated heterocycles. The largest absolute Gasteiger partial charge is 0.310 e. The molecule has 1 atom stereocenters. The van der Waals surface area contributed by atoms with E-state index in [2.05, 4.69) is 5.32 Å². The monoisotopic (exact) mass is 177 g/mol. The number of nitrogens with one attached hydrogen (secondary N) is 1. The van der Waals surface area contributed by atoms with E-state index in [0.717, 1.165) is 11.1 Å². The second kappa shape index (κ2) is 4.19. The molecule has 0 heterocycles. The highest BCUT2D eigenvalue weighted by Gasteiger charge is 2.12. The zero-order chi connectivity index (χ0) is 9.84. The first kappa shape index (κ1) is 9.93. The Morgan fingerprint density at radius 3 is 2.69 bits per heavy atom. The summed E-state index contributed by atoms with van der Waals surface area (Å²) in [5.74, 6) is 0.145. The van der Waals surface area contributed by atoms with Crippen LogP contribution in [0.25, 0.3) is 0 Å². The van der Waals surface area contributed by atoms with Gasteiger partial charge in [-0.1, -0.05) is 23.8 Å². The van der Waals surface area contributed by atoms with E-state index >= 15 is 0 Å². The van der Waals surface area contributed by atoms with Gasteiger partial charge in [-0.15, -0.1) is 0 Å². The third-order valence-electron chi connectivity index (χ3n) is 2.13. The lowest BCUT2D eigenvalue weighted by atomic mass is 10.0. The van der Waals surface area contributed by atoms with Crippen LogP contribution in [0.4, 0.5) is 0 Å². The highest BCUT2D eigenvalue weighted by atomic mass is 16.1. The molecule has 0 aliphatic heterocycles. The minimum absolute atomic E-state index is 0.109. The van der Waals surface area contributed by atoms with Crippen molar-refractivity contribution >= 4 is 5.78 Å². The summed E-state index contributed by atoms with van der Waals surface area (Å²) < 4.78 is 0. The van der Waals surface area contributed by atoms with Crippen molar-refractivity contribution in [3.8, 4) is 0 Å². The molecule has 1 aromatic rings. The Bertz CT molecular complexity index is 307. The number of ketones is 1. The van der Waals surface area contributed by atoms with Gasteiger partial charge in [0.15, 0.2) is 5.78 Å². The zero-order valence-corrected chi connectivity index (χ0v) is 8.29. The summed E-state index contributed by atoms with van der Waals surface area (Å²) in [5.41, 5.74) is 1.90. The summed E-state index contributed by atoms with van der Waals surface area (Å²) in [6.45, 7) is 3.85. The van der Waals surface area contributed by atoms with Gasteiger partial charge < -0.3 is 5.32 Å². The van der Waals surface area contributed by atoms with Gasteiger partial charge in [0.2, 0.25) is 0 Å². The highest BCUT2D eigenvalue weighted by molar-refractivity contribution is 5.99. The van der Waals surface area contributed by atoms with Crippen LogP contribution in [-0.2, 0) is 0 Å². The molecule has 70 valence electrons. The molecule has 0 saturated carbocycles. The third kappa shape index (κ3) is 2.39. The van der Waals surface area contributed by atoms with Crippen molar-refractivity contribution < 1.29 is 4.79 Å². The lowest BCUT2D eigenvalue weighted by molar-refractivity contribution is 0.0955. The van der Waals surface area contributed by atoms with E-state index in [1.807, 2.05) is 38.1 Å². The Morgan fingerprint density at radius 1 is 1.46 bits per heavy atom. The van der Waals surface area contributed by atoms with Gasteiger partial charge in [-0.05, 0) is 27.0 Å². The number of hydrogen-bond acceptors (Lipinski definition) is 2. The number of aryl methyl sites for hydroxylation is 1. The number of carbonyl (C=O) groups excluding carboxylic acids is 1. The predicted octanol–water partition coefficient (Wildman–Crippen LogP) is 1.79. The summed E-state index contributed by atoms with van der Waals surface area (Å²) in [6.07, 6.45) is 0. The Morgan fingerprint density at radius 2 is 2.15 bits per heavy atom. The van der Waals surface area contributed by atoms with E-state index in [1.54, 1.807) is 7.05 Å². The van der Waals surface area contributed by atoms with E-state index in [-0.39, 0.29) is 11.8 Å². The van der Waals surface area contributed by atoms with Crippen molar-refractivity contribution in [3.63, 3.8) is 0 Å². The number of Topliss-reactive ketones (excluding diaryl/α,β-unsaturated/α-hetero) is 1. The summed E-state index contributed by atoms with van der Waals surface area (Å²) in [4.78, 5) is 11.7. The van der Waals surface area contributed by atoms with Crippen LogP contribution in [0, 0.1) is 6.92 Å². The van der Waals surface area contributed by atoms with Gasteiger partial charge in [0.25, 0.3) is 0 Å². The maximum absolute atomic E-state index is 11.7. The minimum atomic E-state index is -0.109. The molecule has 1 aromatic carbocycles. The quantitative estimate of drug-likeness (QED) is 0.713. The van der Waals surface area contributed by atoms with Crippen LogP contribution in [0.15, 0.2) is 24.3 Å². The summed E-state index contributed by atoms with van der Waals surface area (Å²) in [6, 6.07) is 7.55. The first-order valence-electron chi connectivity index (χ1n) is 4.43. The van der Waals surface area contributed by atoms with Gasteiger partial charge in [0, 0.05) is 5.56 Å². The molecule has 1 N–H and O–H groups in total. The minimum Gasteiger partial charge on any atom is -0.310 e. The molecule has 0 fully saturated rings. The number of carbonyl (C=O) groups is 1. The molecule has 0 aliphatic carbocycles. The van der Waals surface area contributed by atoms with Gasteiger partial charge in [-0.3, -0.25) is 4.79 Å². The molecule has 13 heavy (non-hydrogen) atoms. The van der Waals surface area contributed by atoms with Crippen molar-refractivity contribution in [1.29, 1.82) is 0 Å². The summed E-state index contributed by atoms with van der Waals surface area (Å²) >= 11 is 0. The Labute approximate surface area is 79.0 Å². The fourth-order valence-corrected chi connectivity index (χ4v) is 1.18. The molecule has 0 amide bonds. The van der Waals surface area contributed by atoms with Crippen molar-refractivity contribution in [2.75, 3.05) is 7.05 Å². The zero-order valence-electron chi connectivity index (χ0n) is 8.29. The van der Waals surface area contributed by atoms with Gasteiger partial charge in [0.05, 0.1) is 6.04 Å². The number of hydrogen-bond donors (Lipinski definition) is 1. The second-order valence-electron chi connectivity index (χ2n) is 3.24. The normalized spacial score (nSPS) is 12.5. The third-order valence-corrected chi connectivity index (χ3v) is 2.13. The van der Waals surface area contributed by atoms with Crippen molar-refractivity contribution in [1.82, 2.24) is 5.32 Å². The van der Waals surface area contributed by atoms with E-state index < -0.39 is 0 Å². The molecule has 0 aromatic heterocycles. The molecule has 0 bridgehead atoms. The van der Waals surface area contributed by atoms with Crippen LogP contribution in [0.2, 0.25) is 0 Å². The van der Waals surface area contributed by atoms with Crippen LogP contribution in [0.3, 0.4) is 0 Å². The van der Waals surface area contributed by atoms with Crippen molar-refractivity contribution in [2.24, 2.45) is 0 Å². The molecule has 0 aliphatic rings. The second-order valence-corrected chi connectivity index (χ2v) is 3.24. The van der Waals surface area contributed by atoms with Gasteiger partial charge in [-0.2, -0.15) is 0 Å². The van der Waals surface area contributed by atoms with E-state index in [0.29, 0.717) is 0 Å². The molecule has 2 nitrogen and oxygen atoms in total. The molecule has 1 rings (SSSR count). The molecule has 0 unspecified atom stereocenters. The predicted molar refractivity (Wildman–Crippen MR) is 54.0 cm³/mol. The first-order valence-corrected chi connectivity index (χ1v) is 4.43. The standard InChI is InChI=1S/C11H15NO/c1-8-5-4-6-10(7-8)11(13)9(2)12-3/h4-7,9,12H,1-3H3/t9-/m0/s1. The molecule has 0 radical (unpaired) electrons. The fraction of sp³-hybridized carbons (Fsp3) is 0.364. The van der Waals surface area contributed by atoms with Crippen LogP contribution in [0.5, 0.6) is 0 Å². The van der Waals surface area contributed by atoms with Gasteiger partial charge in [-0.25, -0.2) is 0 Å². The van der Waals surface area contributed by atoms with Gasteiger partial charge >= 0.3 is 0 Å². The lowest BCUT2D eigenvalue weighted by Gasteiger charge is -2.08. The van der Waals surface area contributed by atoms with Crippen LogP contribution in [0.1, 0.15) is 22.8 Å². The molecule has 2 heteroatoms. The number of likely N-dealkylation sites (N-methyl/N-ethyl adjacent to an activating group) is 1. The fourth-order valence-electron chi connectivity index (χ4n) is 1.18. The summed E-state index contributed by atoms with van der Waals surface area (Å²) in [7, 11) is 1.79. The Kier molecular flexibility index (Phi) is 3.20. The van der Waals surface area contributed by atoms with Crippen LogP contribution in [-0.4, -0.2) is 18.9 Å². The van der Waals surface area contributed by atoms with Crippen LogP contribution >= 0.6 is 0 Å². The van der Waals surface area contributed by atoms with Crippen molar-refractivity contribution in [2.45, 2.75) is 19.9 Å². The van der Waals surface area contributed by atoms with Crippen molar-refractivity contribution in [3.05, 3.63) is 35.4 Å². The first-order chi connectivity index (χ1) is 6.15. The summed E-state index contributed by atoms with van der Waals surface area (Å²) in [5, 5.41) is 2.93. The van der Waals surface area contributed by atoms with E-state index in [4.69, 9.17) is 0 Å². The smallest absolute Gasteiger partial charge is 0.179 e. The molecule has 0 spiro atoms. The van der Waals surface area contributed by atoms with Gasteiger partial charge in [0.1, 0.15) is 0 Å². The lowest BCUT2D eigenvalue weighted by Crippen LogP contribution is -2.30. The Balaban J connectivity index is 2.89. The van der Waals surface area contributed by atoms with E-state index in [9.17, 15) is 4.79 Å². The topological polar surface area (TPSA) is 29.1 Å².